The predicted octanol–water partition coefficient (Wildman–Crippen LogP) is 1.38. The van der Waals surface area contributed by atoms with Gasteiger partial charge in [0.15, 0.2) is 0 Å². The third-order valence-electron chi connectivity index (χ3n) is 0.498. The van der Waals surface area contributed by atoms with Crippen LogP contribution in [0, 0.1) is 0 Å². The van der Waals surface area contributed by atoms with Crippen LogP contribution in [-0.2, 0) is 0 Å². The molecule has 0 aromatic heterocycles. The van der Waals surface area contributed by atoms with Crippen molar-refractivity contribution in [3.8, 4) is 0 Å². The molecular formula is C3H5F5O. The minimum Gasteiger partial charge on any atom is -0.412 e. The van der Waals surface area contributed by atoms with Gasteiger partial charge >= 0.3 is 12.1 Å². The Morgan fingerprint density at radius 1 is 0.889 bits per heavy atom. The van der Waals surface area contributed by atoms with E-state index in [9.17, 15) is 22.0 Å². The van der Waals surface area contributed by atoms with Crippen molar-refractivity contribution in [1.29, 1.82) is 0 Å². The Bertz CT molecular complexity index is 67.2. The highest BCUT2D eigenvalue weighted by Crippen LogP contribution is 2.34. The Kier molecular flexibility index (Phi) is 3.13. The summed E-state index contributed by atoms with van der Waals surface area (Å²) in [6.07, 6.45) is -5.40. The largest absolute Gasteiger partial charge is 0.452 e. The van der Waals surface area contributed by atoms with Crippen molar-refractivity contribution in [3.63, 3.8) is 0 Å². The molecule has 0 bridgehead atoms. The lowest BCUT2D eigenvalue weighted by atomic mass is 10.4. The highest BCUT2D eigenvalue weighted by Gasteiger charge is 2.52. The van der Waals surface area contributed by atoms with Crippen LogP contribution >= 0.6 is 0 Å². The first-order valence-electron chi connectivity index (χ1n) is 1.69. The van der Waals surface area contributed by atoms with Crippen LogP contribution in [0.25, 0.3) is 0 Å². The van der Waals surface area contributed by atoms with Gasteiger partial charge in [-0.1, -0.05) is 0 Å². The molecule has 9 heavy (non-hydrogen) atoms. The maximum absolute atomic E-state index is 11.1. The fourth-order valence-corrected chi connectivity index (χ4v) is 0. The lowest BCUT2D eigenvalue weighted by molar-refractivity contribution is -0.273. The molecule has 0 aromatic rings. The molecule has 1 nitrogen and oxygen atoms in total. The van der Waals surface area contributed by atoms with Gasteiger partial charge in [0.2, 0.25) is 0 Å². The fraction of sp³-hybridized carbons (Fsp3) is 1.00. The zero-order valence-corrected chi connectivity index (χ0v) is 4.39. The van der Waals surface area contributed by atoms with Gasteiger partial charge in [-0.15, -0.1) is 0 Å². The summed E-state index contributed by atoms with van der Waals surface area (Å²) in [5, 5.41) is 0. The maximum Gasteiger partial charge on any atom is 0.452 e. The topological polar surface area (TPSA) is 31.5 Å². The smallest absolute Gasteiger partial charge is 0.412 e. The number of hydrogen-bond acceptors (Lipinski definition) is 0. The Labute approximate surface area is 47.8 Å². The summed E-state index contributed by atoms with van der Waals surface area (Å²) in [6, 6.07) is 0. The number of rotatable bonds is 0. The van der Waals surface area contributed by atoms with Crippen LogP contribution in [0.3, 0.4) is 0 Å². The highest BCUT2D eigenvalue weighted by molar-refractivity contribution is 4.67. The van der Waals surface area contributed by atoms with E-state index in [4.69, 9.17) is 0 Å². The molecule has 0 aliphatic rings. The van der Waals surface area contributed by atoms with Gasteiger partial charge < -0.3 is 5.48 Å². The summed E-state index contributed by atoms with van der Waals surface area (Å²) in [7, 11) is 0. The second kappa shape index (κ2) is 2.47. The van der Waals surface area contributed by atoms with Crippen molar-refractivity contribution in [1.82, 2.24) is 0 Å². The van der Waals surface area contributed by atoms with Gasteiger partial charge in [-0.3, -0.25) is 0 Å². The molecule has 0 amide bonds. The summed E-state index contributed by atoms with van der Waals surface area (Å²) < 4.78 is 54.6. The Morgan fingerprint density at radius 2 is 1.00 bits per heavy atom. The van der Waals surface area contributed by atoms with Crippen LogP contribution in [0.4, 0.5) is 22.0 Å². The van der Waals surface area contributed by atoms with Crippen LogP contribution in [0.1, 0.15) is 6.92 Å². The van der Waals surface area contributed by atoms with E-state index < -0.39 is 12.1 Å². The average Bonchev–Trinajstić information content (AvgIpc) is 1.25. The molecule has 6 heteroatoms. The monoisotopic (exact) mass is 152 g/mol. The van der Waals surface area contributed by atoms with Crippen LogP contribution in [0.2, 0.25) is 0 Å². The van der Waals surface area contributed by atoms with Crippen molar-refractivity contribution in [2.75, 3.05) is 0 Å². The van der Waals surface area contributed by atoms with Crippen molar-refractivity contribution in [2.24, 2.45) is 0 Å². The standard InChI is InChI=1S/C3H3F5.H2O/c1-2(4,5)3(6,7)8;/h1H3;1H2. The van der Waals surface area contributed by atoms with Crippen molar-refractivity contribution >= 4 is 0 Å². The summed E-state index contributed by atoms with van der Waals surface area (Å²) in [4.78, 5) is 0. The number of halogens is 5. The van der Waals surface area contributed by atoms with Gasteiger partial charge in [0.05, 0.1) is 0 Å². The molecule has 0 aliphatic heterocycles. The van der Waals surface area contributed by atoms with Crippen molar-refractivity contribution in [2.45, 2.75) is 19.0 Å². The van der Waals surface area contributed by atoms with Crippen LogP contribution in [0.5, 0.6) is 0 Å². The normalized spacial score (nSPS) is 12.7. The van der Waals surface area contributed by atoms with E-state index in [-0.39, 0.29) is 12.4 Å². The third-order valence-corrected chi connectivity index (χ3v) is 0.498. The molecule has 0 atom stereocenters. The van der Waals surface area contributed by atoms with E-state index >= 15 is 0 Å². The lowest BCUT2D eigenvalue weighted by Crippen LogP contribution is -2.32. The minimum atomic E-state index is -5.40. The molecular weight excluding hydrogens is 147 g/mol. The van der Waals surface area contributed by atoms with E-state index in [0.717, 1.165) is 0 Å². The second-order valence-electron chi connectivity index (χ2n) is 1.39. The molecule has 0 aromatic carbocycles. The molecule has 0 fully saturated rings. The van der Waals surface area contributed by atoms with E-state index in [1.165, 1.54) is 0 Å². The molecule has 0 saturated heterocycles. The fourth-order valence-electron chi connectivity index (χ4n) is 0. The molecule has 0 aliphatic carbocycles. The van der Waals surface area contributed by atoms with Gasteiger partial charge in [0.25, 0.3) is 0 Å². The molecule has 0 rings (SSSR count). The first-order chi connectivity index (χ1) is 3.25. The van der Waals surface area contributed by atoms with Gasteiger partial charge in [-0.05, 0) is 0 Å². The van der Waals surface area contributed by atoms with Crippen LogP contribution in [-0.4, -0.2) is 17.6 Å². The average molecular weight is 152 g/mol. The predicted molar refractivity (Wildman–Crippen MR) is 20.3 cm³/mol. The van der Waals surface area contributed by atoms with E-state index in [1.54, 1.807) is 0 Å². The first kappa shape index (κ1) is 11.4. The third kappa shape index (κ3) is 3.23. The Hall–Kier alpha value is -0.390. The van der Waals surface area contributed by atoms with Crippen molar-refractivity contribution in [3.05, 3.63) is 0 Å². The van der Waals surface area contributed by atoms with Gasteiger partial charge in [0, 0.05) is 6.92 Å². The van der Waals surface area contributed by atoms with Crippen molar-refractivity contribution < 1.29 is 27.4 Å². The summed E-state index contributed by atoms with van der Waals surface area (Å²) in [6.45, 7) is -0.188. The van der Waals surface area contributed by atoms with E-state index in [2.05, 4.69) is 0 Å². The Balaban J connectivity index is 0. The van der Waals surface area contributed by atoms with E-state index in [0.29, 0.717) is 0 Å². The zero-order chi connectivity index (χ0) is 7.00. The molecule has 58 valence electrons. The second-order valence-corrected chi connectivity index (χ2v) is 1.39. The summed E-state index contributed by atoms with van der Waals surface area (Å²) >= 11 is 0. The van der Waals surface area contributed by atoms with Gasteiger partial charge in [0.1, 0.15) is 0 Å². The zero-order valence-electron chi connectivity index (χ0n) is 4.39. The first-order valence-corrected chi connectivity index (χ1v) is 1.69. The summed E-state index contributed by atoms with van der Waals surface area (Å²) in [5.74, 6) is -4.56. The Morgan fingerprint density at radius 3 is 1.00 bits per heavy atom. The summed E-state index contributed by atoms with van der Waals surface area (Å²) in [5.41, 5.74) is 0. The number of alkyl halides is 5. The molecule has 0 radical (unpaired) electrons. The van der Waals surface area contributed by atoms with Gasteiger partial charge in [-0.2, -0.15) is 22.0 Å². The van der Waals surface area contributed by atoms with Crippen LogP contribution in [0.15, 0.2) is 0 Å². The molecule has 0 heterocycles. The van der Waals surface area contributed by atoms with E-state index in [1.807, 2.05) is 0 Å². The molecule has 0 unspecified atom stereocenters. The molecule has 2 N–H and O–H groups in total. The van der Waals surface area contributed by atoms with Crippen LogP contribution < -0.4 is 0 Å². The maximum atomic E-state index is 11.1. The molecule has 0 spiro atoms. The SMILES string of the molecule is CC(F)(F)C(F)(F)F.O. The lowest BCUT2D eigenvalue weighted by Gasteiger charge is -2.12. The number of hydrogen-bond donors (Lipinski definition) is 0. The minimum absolute atomic E-state index is 0. The quantitative estimate of drug-likeness (QED) is 0.469. The molecule has 0 saturated carbocycles. The van der Waals surface area contributed by atoms with Gasteiger partial charge in [-0.25, -0.2) is 0 Å². The highest BCUT2D eigenvalue weighted by atomic mass is 19.4.